The number of carbonyl (C=O) groups excluding carboxylic acids is 1. The summed E-state index contributed by atoms with van der Waals surface area (Å²) < 4.78 is 0.759. The number of carbonyl (C=O) groups is 2. The number of aliphatic carboxylic acids is 1. The van der Waals surface area contributed by atoms with Crippen LogP contribution >= 0.6 is 34.5 Å². The predicted molar refractivity (Wildman–Crippen MR) is 92.6 cm³/mol. The van der Waals surface area contributed by atoms with Gasteiger partial charge in [-0.3, -0.25) is 9.59 Å². The van der Waals surface area contributed by atoms with Crippen molar-refractivity contribution in [3.8, 4) is 0 Å². The summed E-state index contributed by atoms with van der Waals surface area (Å²) in [4.78, 5) is 23.1. The number of carboxylic acids is 1. The van der Waals surface area contributed by atoms with Gasteiger partial charge in [-0.25, -0.2) is 0 Å². The third-order valence-electron chi connectivity index (χ3n) is 3.27. The van der Waals surface area contributed by atoms with E-state index in [4.69, 9.17) is 28.3 Å². The molecule has 122 valence electrons. The van der Waals surface area contributed by atoms with Crippen molar-refractivity contribution in [2.24, 2.45) is 0 Å². The molecule has 2 rings (SSSR count). The maximum atomic E-state index is 12.3. The number of nitrogens with one attached hydrogen (secondary N) is 1. The summed E-state index contributed by atoms with van der Waals surface area (Å²) in [6.07, 6.45) is 0.872. The van der Waals surface area contributed by atoms with Gasteiger partial charge in [0.15, 0.2) is 0 Å². The second kappa shape index (κ2) is 8.34. The Bertz CT molecular complexity index is 688. The number of thiophene rings is 1. The Morgan fingerprint density at radius 1 is 1.22 bits per heavy atom. The van der Waals surface area contributed by atoms with Crippen molar-refractivity contribution >= 4 is 46.4 Å². The van der Waals surface area contributed by atoms with Crippen molar-refractivity contribution < 1.29 is 14.7 Å². The molecule has 0 saturated heterocycles. The summed E-state index contributed by atoms with van der Waals surface area (Å²) in [5.41, 5.74) is 1.34. The van der Waals surface area contributed by atoms with E-state index in [1.54, 1.807) is 0 Å². The first kappa shape index (κ1) is 17.8. The fourth-order valence-corrected chi connectivity index (χ4v) is 3.64. The first-order valence-electron chi connectivity index (χ1n) is 6.97. The van der Waals surface area contributed by atoms with E-state index in [9.17, 15) is 9.59 Å². The molecular formula is C16H15Cl2NO3S. The molecule has 0 bridgehead atoms. The first-order chi connectivity index (χ1) is 11.0. The summed E-state index contributed by atoms with van der Waals surface area (Å²) in [5.74, 6) is -1.24. The lowest BCUT2D eigenvalue weighted by Gasteiger charge is -2.18. The standard InChI is InChI=1S/C16H15Cl2NO3S/c17-13-9-12(15(18)23-13)16(22)19-11(6-7-14(20)21)8-10-4-2-1-3-5-10/h1-5,9,11H,6-8H2,(H,19,22)(H,20,21). The first-order valence-corrected chi connectivity index (χ1v) is 8.54. The van der Waals surface area contributed by atoms with Crippen LogP contribution in [0, 0.1) is 0 Å². The maximum absolute atomic E-state index is 12.3. The fraction of sp³-hybridized carbons (Fsp3) is 0.250. The fourth-order valence-electron chi connectivity index (χ4n) is 2.18. The molecular weight excluding hydrogens is 357 g/mol. The van der Waals surface area contributed by atoms with Gasteiger partial charge < -0.3 is 10.4 Å². The Hall–Kier alpha value is -1.56. The highest BCUT2D eigenvalue weighted by molar-refractivity contribution is 7.20. The van der Waals surface area contributed by atoms with Crippen LogP contribution in [0.1, 0.15) is 28.8 Å². The van der Waals surface area contributed by atoms with Gasteiger partial charge in [0.25, 0.3) is 5.91 Å². The number of amides is 1. The summed E-state index contributed by atoms with van der Waals surface area (Å²) in [6.45, 7) is 0. The van der Waals surface area contributed by atoms with Gasteiger partial charge in [-0.05, 0) is 24.5 Å². The van der Waals surface area contributed by atoms with Gasteiger partial charge in [-0.2, -0.15) is 0 Å². The number of carboxylic acid groups (broad SMARTS) is 1. The monoisotopic (exact) mass is 371 g/mol. The number of benzene rings is 1. The number of halogens is 2. The zero-order chi connectivity index (χ0) is 16.8. The van der Waals surface area contributed by atoms with Crippen LogP contribution in [0.5, 0.6) is 0 Å². The third-order valence-corrected chi connectivity index (χ3v) is 4.76. The van der Waals surface area contributed by atoms with Gasteiger partial charge in [0.05, 0.1) is 9.90 Å². The van der Waals surface area contributed by atoms with Crippen molar-refractivity contribution in [1.29, 1.82) is 0 Å². The number of rotatable bonds is 7. The molecule has 23 heavy (non-hydrogen) atoms. The SMILES string of the molecule is O=C(O)CCC(Cc1ccccc1)NC(=O)c1cc(Cl)sc1Cl. The van der Waals surface area contributed by atoms with Crippen LogP contribution in [0.2, 0.25) is 8.67 Å². The van der Waals surface area contributed by atoms with Gasteiger partial charge in [-0.15, -0.1) is 11.3 Å². The molecule has 0 aliphatic carbocycles. The van der Waals surface area contributed by atoms with Crippen LogP contribution in [0.3, 0.4) is 0 Å². The minimum atomic E-state index is -0.895. The molecule has 4 nitrogen and oxygen atoms in total. The van der Waals surface area contributed by atoms with E-state index in [1.807, 2.05) is 30.3 Å². The van der Waals surface area contributed by atoms with E-state index in [0.717, 1.165) is 16.9 Å². The van der Waals surface area contributed by atoms with E-state index in [2.05, 4.69) is 5.32 Å². The zero-order valence-electron chi connectivity index (χ0n) is 12.1. The average Bonchev–Trinajstić information content (AvgIpc) is 2.84. The van der Waals surface area contributed by atoms with Gasteiger partial charge in [-0.1, -0.05) is 53.5 Å². The molecule has 1 aromatic heterocycles. The Labute approximate surface area is 148 Å². The van der Waals surface area contributed by atoms with Gasteiger partial charge in [0.2, 0.25) is 0 Å². The molecule has 0 aliphatic rings. The largest absolute Gasteiger partial charge is 0.481 e. The lowest BCUT2D eigenvalue weighted by molar-refractivity contribution is -0.137. The molecule has 1 heterocycles. The molecule has 1 aromatic carbocycles. The Morgan fingerprint density at radius 3 is 2.48 bits per heavy atom. The highest BCUT2D eigenvalue weighted by Gasteiger charge is 2.19. The second-order valence-corrected chi connectivity index (χ2v) is 7.32. The van der Waals surface area contributed by atoms with Crippen LogP contribution in [0.25, 0.3) is 0 Å². The minimum Gasteiger partial charge on any atom is -0.481 e. The van der Waals surface area contributed by atoms with Crippen LogP contribution in [-0.2, 0) is 11.2 Å². The van der Waals surface area contributed by atoms with Gasteiger partial charge >= 0.3 is 5.97 Å². The van der Waals surface area contributed by atoms with E-state index in [0.29, 0.717) is 27.1 Å². The highest BCUT2D eigenvalue weighted by Crippen LogP contribution is 2.31. The zero-order valence-corrected chi connectivity index (χ0v) is 14.4. The van der Waals surface area contributed by atoms with Crippen molar-refractivity contribution in [2.75, 3.05) is 0 Å². The van der Waals surface area contributed by atoms with Crippen molar-refractivity contribution in [3.63, 3.8) is 0 Å². The molecule has 1 amide bonds. The van der Waals surface area contributed by atoms with Crippen molar-refractivity contribution in [1.82, 2.24) is 5.32 Å². The molecule has 7 heteroatoms. The lowest BCUT2D eigenvalue weighted by Crippen LogP contribution is -2.36. The molecule has 0 fully saturated rings. The summed E-state index contributed by atoms with van der Waals surface area (Å²) in [5, 5.41) is 11.7. The third kappa shape index (κ3) is 5.53. The van der Waals surface area contributed by atoms with Crippen molar-refractivity contribution in [3.05, 3.63) is 56.2 Å². The Morgan fingerprint density at radius 2 is 1.91 bits per heavy atom. The van der Waals surface area contributed by atoms with Crippen molar-refractivity contribution in [2.45, 2.75) is 25.3 Å². The molecule has 1 unspecified atom stereocenters. The van der Waals surface area contributed by atoms with E-state index >= 15 is 0 Å². The highest BCUT2D eigenvalue weighted by atomic mass is 35.5. The molecule has 0 spiro atoms. The minimum absolute atomic E-state index is 0.0180. The molecule has 2 N–H and O–H groups in total. The van der Waals surface area contributed by atoms with Gasteiger partial charge in [0, 0.05) is 12.5 Å². The summed E-state index contributed by atoms with van der Waals surface area (Å²) >= 11 is 13.0. The van der Waals surface area contributed by atoms with Crippen LogP contribution in [0.15, 0.2) is 36.4 Å². The van der Waals surface area contributed by atoms with E-state index < -0.39 is 5.97 Å². The van der Waals surface area contributed by atoms with Crippen LogP contribution < -0.4 is 5.32 Å². The number of hydrogen-bond acceptors (Lipinski definition) is 3. The number of hydrogen-bond donors (Lipinski definition) is 2. The average molecular weight is 372 g/mol. The van der Waals surface area contributed by atoms with Crippen LogP contribution in [0.4, 0.5) is 0 Å². The van der Waals surface area contributed by atoms with E-state index in [1.165, 1.54) is 6.07 Å². The lowest BCUT2D eigenvalue weighted by atomic mass is 10.0. The van der Waals surface area contributed by atoms with Crippen LogP contribution in [-0.4, -0.2) is 23.0 Å². The summed E-state index contributed by atoms with van der Waals surface area (Å²) in [6, 6.07) is 10.8. The quantitative estimate of drug-likeness (QED) is 0.763. The second-order valence-electron chi connectivity index (χ2n) is 5.03. The normalized spacial score (nSPS) is 11.9. The molecule has 0 saturated carbocycles. The maximum Gasteiger partial charge on any atom is 0.303 e. The smallest absolute Gasteiger partial charge is 0.303 e. The Balaban J connectivity index is 2.08. The Kier molecular flexibility index (Phi) is 6.45. The predicted octanol–water partition coefficient (Wildman–Crippen LogP) is 4.26. The molecule has 0 aliphatic heterocycles. The molecule has 2 aromatic rings. The molecule has 1 atom stereocenters. The topological polar surface area (TPSA) is 66.4 Å². The summed E-state index contributed by atoms with van der Waals surface area (Å²) in [7, 11) is 0. The van der Waals surface area contributed by atoms with Gasteiger partial charge in [0.1, 0.15) is 4.34 Å². The molecule has 0 radical (unpaired) electrons. The van der Waals surface area contributed by atoms with E-state index in [-0.39, 0.29) is 18.4 Å².